The van der Waals surface area contributed by atoms with Crippen molar-refractivity contribution in [3.63, 3.8) is 0 Å². The Morgan fingerprint density at radius 3 is 1.96 bits per heavy atom. The molecule has 0 atom stereocenters. The van der Waals surface area contributed by atoms with Crippen LogP contribution in [0.2, 0.25) is 0 Å². The number of benzene rings is 2. The summed E-state index contributed by atoms with van der Waals surface area (Å²) < 4.78 is 21.2. The molecule has 0 amide bonds. The molecule has 2 N–H and O–H groups in total. The number of rotatable bonds is 6. The number of ether oxygens (including phenoxy) is 4. The lowest BCUT2D eigenvalue weighted by Gasteiger charge is -2.13. The van der Waals surface area contributed by atoms with E-state index in [2.05, 4.69) is 10.2 Å². The van der Waals surface area contributed by atoms with Gasteiger partial charge in [-0.15, -0.1) is 0 Å². The minimum Gasteiger partial charge on any atom is -0.504 e. The van der Waals surface area contributed by atoms with E-state index < -0.39 is 0 Å². The summed E-state index contributed by atoms with van der Waals surface area (Å²) in [5, 5.41) is 17.3. The predicted molar refractivity (Wildman–Crippen MR) is 97.3 cm³/mol. The van der Waals surface area contributed by atoms with Gasteiger partial charge in [0.2, 0.25) is 5.75 Å². The van der Waals surface area contributed by atoms with Gasteiger partial charge in [0.1, 0.15) is 0 Å². The van der Waals surface area contributed by atoms with Crippen LogP contribution in [0.3, 0.4) is 0 Å². The minimum atomic E-state index is 0.0638. The van der Waals surface area contributed by atoms with Crippen molar-refractivity contribution in [1.82, 2.24) is 10.2 Å². The van der Waals surface area contributed by atoms with E-state index in [0.717, 1.165) is 16.8 Å². The number of nitrogens with zero attached hydrogens (tertiary/aromatic N) is 1. The fraction of sp³-hybridized carbons (Fsp3) is 0.211. The summed E-state index contributed by atoms with van der Waals surface area (Å²) in [6, 6.07) is 10.7. The number of methoxy groups -OCH3 is 4. The van der Waals surface area contributed by atoms with Crippen molar-refractivity contribution in [1.29, 1.82) is 0 Å². The number of H-pyrrole nitrogens is 1. The molecule has 0 aliphatic rings. The van der Waals surface area contributed by atoms with Gasteiger partial charge in [-0.25, -0.2) is 0 Å². The highest BCUT2D eigenvalue weighted by molar-refractivity contribution is 5.73. The maximum atomic E-state index is 9.96. The van der Waals surface area contributed by atoms with E-state index in [4.69, 9.17) is 18.9 Å². The number of aromatic hydroxyl groups is 1. The molecule has 0 fully saturated rings. The van der Waals surface area contributed by atoms with Gasteiger partial charge < -0.3 is 24.1 Å². The molecule has 0 aliphatic heterocycles. The zero-order valence-electron chi connectivity index (χ0n) is 15.0. The first kappa shape index (κ1) is 17.5. The topological polar surface area (TPSA) is 85.8 Å². The van der Waals surface area contributed by atoms with Crippen molar-refractivity contribution in [3.8, 4) is 51.3 Å². The van der Waals surface area contributed by atoms with Crippen LogP contribution in [0.25, 0.3) is 22.5 Å². The molecule has 0 saturated heterocycles. The van der Waals surface area contributed by atoms with Crippen molar-refractivity contribution in [2.75, 3.05) is 28.4 Å². The molecule has 136 valence electrons. The summed E-state index contributed by atoms with van der Waals surface area (Å²) >= 11 is 0. The van der Waals surface area contributed by atoms with Crippen molar-refractivity contribution in [2.24, 2.45) is 0 Å². The lowest BCUT2D eigenvalue weighted by Crippen LogP contribution is -1.95. The Morgan fingerprint density at radius 2 is 1.42 bits per heavy atom. The molecule has 3 aromatic rings. The van der Waals surface area contributed by atoms with Crippen LogP contribution in [-0.4, -0.2) is 43.7 Å². The zero-order valence-corrected chi connectivity index (χ0v) is 15.0. The van der Waals surface area contributed by atoms with Gasteiger partial charge in [-0.2, -0.15) is 5.10 Å². The molecule has 26 heavy (non-hydrogen) atoms. The smallest absolute Gasteiger partial charge is 0.203 e. The van der Waals surface area contributed by atoms with E-state index in [1.165, 1.54) is 7.11 Å². The van der Waals surface area contributed by atoms with Gasteiger partial charge in [-0.3, -0.25) is 5.10 Å². The van der Waals surface area contributed by atoms with E-state index >= 15 is 0 Å². The Labute approximate surface area is 151 Å². The molecular weight excluding hydrogens is 336 g/mol. The predicted octanol–water partition coefficient (Wildman–Crippen LogP) is 3.48. The van der Waals surface area contributed by atoms with Gasteiger partial charge in [0, 0.05) is 11.1 Å². The maximum absolute atomic E-state index is 9.96. The van der Waals surface area contributed by atoms with Gasteiger partial charge in [0.25, 0.3) is 0 Å². The van der Waals surface area contributed by atoms with Crippen LogP contribution in [0.1, 0.15) is 0 Å². The number of aromatic amines is 1. The van der Waals surface area contributed by atoms with E-state index in [-0.39, 0.29) is 5.75 Å². The van der Waals surface area contributed by atoms with Crippen molar-refractivity contribution in [3.05, 3.63) is 36.4 Å². The highest BCUT2D eigenvalue weighted by atomic mass is 16.5. The number of nitrogens with one attached hydrogen (secondary N) is 1. The van der Waals surface area contributed by atoms with Crippen molar-refractivity contribution >= 4 is 0 Å². The Morgan fingerprint density at radius 1 is 0.769 bits per heavy atom. The highest BCUT2D eigenvalue weighted by Crippen LogP contribution is 2.41. The second-order valence-corrected chi connectivity index (χ2v) is 5.47. The van der Waals surface area contributed by atoms with Crippen LogP contribution < -0.4 is 18.9 Å². The van der Waals surface area contributed by atoms with E-state index in [9.17, 15) is 5.11 Å². The van der Waals surface area contributed by atoms with E-state index in [1.54, 1.807) is 33.5 Å². The summed E-state index contributed by atoms with van der Waals surface area (Å²) in [5.74, 6) is 2.10. The fourth-order valence-corrected chi connectivity index (χ4v) is 2.70. The normalized spacial score (nSPS) is 10.5. The Balaban J connectivity index is 2.01. The standard InChI is InChI=1S/C19H20N2O5/c1-23-16-6-5-11(7-15(16)22)13-10-14(21-20-13)12-8-17(24-2)19(26-4)18(9-12)25-3/h5-10,22H,1-4H3,(H,20,21). The number of hydrogen-bond acceptors (Lipinski definition) is 6. The highest BCUT2D eigenvalue weighted by Gasteiger charge is 2.16. The van der Waals surface area contributed by atoms with E-state index in [0.29, 0.717) is 28.7 Å². The molecule has 7 heteroatoms. The van der Waals surface area contributed by atoms with Crippen molar-refractivity contribution in [2.45, 2.75) is 0 Å². The number of phenolic OH excluding ortho intramolecular Hbond substituents is 1. The third-order valence-electron chi connectivity index (χ3n) is 4.03. The first-order chi connectivity index (χ1) is 12.6. The molecule has 1 aromatic heterocycles. The molecule has 7 nitrogen and oxygen atoms in total. The summed E-state index contributed by atoms with van der Waals surface area (Å²) in [5.41, 5.74) is 3.05. The molecule has 1 heterocycles. The zero-order chi connectivity index (χ0) is 18.7. The Hall–Kier alpha value is -3.35. The number of aromatic nitrogens is 2. The number of phenols is 1. The molecule has 0 unspecified atom stereocenters. The lowest BCUT2D eigenvalue weighted by atomic mass is 10.1. The van der Waals surface area contributed by atoms with Gasteiger partial charge in [-0.05, 0) is 36.4 Å². The molecule has 0 saturated carbocycles. The quantitative estimate of drug-likeness (QED) is 0.703. The van der Waals surface area contributed by atoms with Crippen LogP contribution in [0, 0.1) is 0 Å². The van der Waals surface area contributed by atoms with E-state index in [1.807, 2.05) is 24.3 Å². The van der Waals surface area contributed by atoms with Crippen LogP contribution in [-0.2, 0) is 0 Å². The summed E-state index contributed by atoms with van der Waals surface area (Å²) in [6.45, 7) is 0. The molecule has 0 spiro atoms. The van der Waals surface area contributed by atoms with Crippen LogP contribution in [0.4, 0.5) is 0 Å². The summed E-state index contributed by atoms with van der Waals surface area (Å²) in [7, 11) is 6.20. The first-order valence-electron chi connectivity index (χ1n) is 7.84. The molecule has 0 bridgehead atoms. The summed E-state index contributed by atoms with van der Waals surface area (Å²) in [6.07, 6.45) is 0. The van der Waals surface area contributed by atoms with Gasteiger partial charge in [0.15, 0.2) is 23.0 Å². The molecule has 0 aliphatic carbocycles. The lowest BCUT2D eigenvalue weighted by molar-refractivity contribution is 0.324. The third kappa shape index (κ3) is 3.11. The van der Waals surface area contributed by atoms with Crippen molar-refractivity contribution < 1.29 is 24.1 Å². The number of hydrogen-bond donors (Lipinski definition) is 2. The first-order valence-corrected chi connectivity index (χ1v) is 7.84. The van der Waals surface area contributed by atoms with Crippen LogP contribution in [0.5, 0.6) is 28.7 Å². The van der Waals surface area contributed by atoms with Gasteiger partial charge in [-0.1, -0.05) is 0 Å². The minimum absolute atomic E-state index is 0.0638. The molecular formula is C19H20N2O5. The van der Waals surface area contributed by atoms with Gasteiger partial charge in [0.05, 0.1) is 39.8 Å². The fourth-order valence-electron chi connectivity index (χ4n) is 2.70. The third-order valence-corrected chi connectivity index (χ3v) is 4.03. The second-order valence-electron chi connectivity index (χ2n) is 5.47. The average molecular weight is 356 g/mol. The molecule has 2 aromatic carbocycles. The maximum Gasteiger partial charge on any atom is 0.203 e. The SMILES string of the molecule is COc1ccc(-c2cc(-c3cc(OC)c(OC)c(OC)c3)n[nH]2)cc1O. The molecule has 0 radical (unpaired) electrons. The van der Waals surface area contributed by atoms with Crippen LogP contribution >= 0.6 is 0 Å². The monoisotopic (exact) mass is 356 g/mol. The largest absolute Gasteiger partial charge is 0.504 e. The second kappa shape index (κ2) is 7.26. The van der Waals surface area contributed by atoms with Crippen LogP contribution in [0.15, 0.2) is 36.4 Å². The Bertz CT molecular complexity index is 895. The van der Waals surface area contributed by atoms with Gasteiger partial charge >= 0.3 is 0 Å². The average Bonchev–Trinajstić information content (AvgIpc) is 3.16. The molecule has 3 rings (SSSR count). The Kier molecular flexibility index (Phi) is 4.88. The summed E-state index contributed by atoms with van der Waals surface area (Å²) in [4.78, 5) is 0.